The van der Waals surface area contributed by atoms with E-state index in [0.29, 0.717) is 23.7 Å². The first-order valence-corrected chi connectivity index (χ1v) is 11.5. The van der Waals surface area contributed by atoms with Crippen LogP contribution >= 0.6 is 23.2 Å². The van der Waals surface area contributed by atoms with E-state index in [-0.39, 0.29) is 29.8 Å². The minimum Gasteiger partial charge on any atom is -0.356 e. The topological polar surface area (TPSA) is 66.5 Å². The van der Waals surface area contributed by atoms with Crippen LogP contribution in [0.2, 0.25) is 10.0 Å². The second kappa shape index (κ2) is 10.1. The molecule has 1 atom stereocenters. The molecule has 0 aromatic heterocycles. The summed E-state index contributed by atoms with van der Waals surface area (Å²) >= 11 is 12.1. The largest absolute Gasteiger partial charge is 0.356 e. The third kappa shape index (κ3) is 6.69. The molecule has 0 aliphatic rings. The molecule has 0 fully saturated rings. The van der Waals surface area contributed by atoms with Crippen molar-refractivity contribution in [1.82, 2.24) is 5.32 Å². The number of halogens is 2. The summed E-state index contributed by atoms with van der Waals surface area (Å²) < 4.78 is 25.5. The molecule has 0 unspecified atom stereocenters. The Balaban J connectivity index is 1.90. The van der Waals surface area contributed by atoms with E-state index in [0.717, 1.165) is 11.8 Å². The van der Waals surface area contributed by atoms with E-state index in [4.69, 9.17) is 23.2 Å². The van der Waals surface area contributed by atoms with Gasteiger partial charge in [0, 0.05) is 24.5 Å². The third-order valence-corrected chi connectivity index (χ3v) is 6.05. The Bertz CT molecular complexity index is 905. The average molecular weight is 443 g/mol. The number of sulfonamides is 1. The maximum atomic E-state index is 12.2. The number of carbonyl (C=O) groups excluding carboxylic acids is 1. The molecule has 0 heterocycles. The Labute approximate surface area is 176 Å². The first kappa shape index (κ1) is 22.5. The molecule has 0 bridgehead atoms. The van der Waals surface area contributed by atoms with Gasteiger partial charge in [0.05, 0.1) is 17.0 Å². The molecule has 28 heavy (non-hydrogen) atoms. The summed E-state index contributed by atoms with van der Waals surface area (Å²) in [6.07, 6.45) is 1.68. The van der Waals surface area contributed by atoms with Crippen molar-refractivity contribution < 1.29 is 13.2 Å². The van der Waals surface area contributed by atoms with Gasteiger partial charge in [0.15, 0.2) is 0 Å². The summed E-state index contributed by atoms with van der Waals surface area (Å²) in [5.41, 5.74) is 1.47. The van der Waals surface area contributed by atoms with Gasteiger partial charge in [0.1, 0.15) is 0 Å². The molecule has 0 saturated carbocycles. The van der Waals surface area contributed by atoms with Crippen LogP contribution in [-0.4, -0.2) is 33.7 Å². The average Bonchev–Trinajstić information content (AvgIpc) is 2.65. The van der Waals surface area contributed by atoms with Crippen LogP contribution in [0.25, 0.3) is 0 Å². The van der Waals surface area contributed by atoms with Gasteiger partial charge in [0.25, 0.3) is 0 Å². The fourth-order valence-corrected chi connectivity index (χ4v) is 4.18. The fraction of sp³-hybridized carbons (Fsp3) is 0.350. The highest BCUT2D eigenvalue weighted by Gasteiger charge is 2.20. The third-order valence-electron chi connectivity index (χ3n) is 4.32. The lowest BCUT2D eigenvalue weighted by atomic mass is 10.0. The lowest BCUT2D eigenvalue weighted by Crippen LogP contribution is -2.33. The molecule has 0 spiro atoms. The van der Waals surface area contributed by atoms with Crippen LogP contribution < -0.4 is 9.62 Å². The summed E-state index contributed by atoms with van der Waals surface area (Å²) in [6.45, 7) is 2.71. The lowest BCUT2D eigenvalue weighted by molar-refractivity contribution is -0.121. The molecule has 0 aliphatic carbocycles. The fourth-order valence-electron chi connectivity index (χ4n) is 2.78. The summed E-state index contributed by atoms with van der Waals surface area (Å²) in [6, 6.07) is 14.6. The zero-order chi connectivity index (χ0) is 20.7. The second-order valence-electron chi connectivity index (χ2n) is 6.65. The summed E-state index contributed by atoms with van der Waals surface area (Å²) in [4.78, 5) is 12.1. The van der Waals surface area contributed by atoms with E-state index >= 15 is 0 Å². The molecule has 2 aromatic rings. The Morgan fingerprint density at radius 2 is 1.82 bits per heavy atom. The monoisotopic (exact) mass is 442 g/mol. The van der Waals surface area contributed by atoms with E-state index in [9.17, 15) is 13.2 Å². The van der Waals surface area contributed by atoms with Crippen molar-refractivity contribution in [2.75, 3.05) is 23.7 Å². The zero-order valence-electron chi connectivity index (χ0n) is 15.9. The molecule has 1 amide bonds. The predicted octanol–water partition coefficient (Wildman–Crippen LogP) is 4.46. The Hall–Kier alpha value is -1.76. The van der Waals surface area contributed by atoms with Crippen molar-refractivity contribution in [3.8, 4) is 0 Å². The van der Waals surface area contributed by atoms with Crippen molar-refractivity contribution >= 4 is 44.8 Å². The molecule has 2 aromatic carbocycles. The normalized spacial score (nSPS) is 12.4. The number of rotatable bonds is 9. The second-order valence-corrected chi connectivity index (χ2v) is 9.40. The number of anilines is 1. The maximum absolute atomic E-state index is 12.2. The van der Waals surface area contributed by atoms with Crippen LogP contribution in [0.4, 0.5) is 5.69 Å². The van der Waals surface area contributed by atoms with E-state index in [2.05, 4.69) is 5.32 Å². The van der Waals surface area contributed by atoms with E-state index < -0.39 is 10.0 Å². The van der Waals surface area contributed by atoms with Crippen molar-refractivity contribution in [1.29, 1.82) is 0 Å². The summed E-state index contributed by atoms with van der Waals surface area (Å²) in [7, 11) is -3.56. The van der Waals surface area contributed by atoms with Crippen LogP contribution in [0.5, 0.6) is 0 Å². The number of amides is 1. The first-order valence-electron chi connectivity index (χ1n) is 8.93. The number of nitrogens with one attached hydrogen (secondary N) is 1. The maximum Gasteiger partial charge on any atom is 0.232 e. The minimum absolute atomic E-state index is 0.117. The number of carbonyl (C=O) groups is 1. The Morgan fingerprint density at radius 3 is 2.46 bits per heavy atom. The predicted molar refractivity (Wildman–Crippen MR) is 116 cm³/mol. The highest BCUT2D eigenvalue weighted by Crippen LogP contribution is 2.30. The first-order chi connectivity index (χ1) is 13.2. The Morgan fingerprint density at radius 1 is 1.14 bits per heavy atom. The van der Waals surface area contributed by atoms with Gasteiger partial charge in [-0.05, 0) is 36.1 Å². The van der Waals surface area contributed by atoms with Gasteiger partial charge in [-0.1, -0.05) is 60.5 Å². The highest BCUT2D eigenvalue weighted by molar-refractivity contribution is 7.92. The van der Waals surface area contributed by atoms with Gasteiger partial charge >= 0.3 is 0 Å². The van der Waals surface area contributed by atoms with Crippen molar-refractivity contribution in [2.45, 2.75) is 25.7 Å². The van der Waals surface area contributed by atoms with Gasteiger partial charge in [0.2, 0.25) is 15.9 Å². The molecule has 152 valence electrons. The van der Waals surface area contributed by atoms with Gasteiger partial charge < -0.3 is 5.32 Å². The van der Waals surface area contributed by atoms with Crippen LogP contribution in [0.1, 0.15) is 31.2 Å². The zero-order valence-corrected chi connectivity index (χ0v) is 18.2. The van der Waals surface area contributed by atoms with E-state index in [1.807, 2.05) is 37.3 Å². The number of nitrogens with zero attached hydrogens (tertiary/aromatic N) is 1. The van der Waals surface area contributed by atoms with E-state index in [1.54, 1.807) is 12.1 Å². The SMILES string of the molecule is C[C@@H](CNC(=O)CCCN(c1cc(Cl)ccc1Cl)S(C)(=O)=O)c1ccccc1. The highest BCUT2D eigenvalue weighted by atomic mass is 35.5. The van der Waals surface area contributed by atoms with Gasteiger partial charge in [-0.25, -0.2) is 8.42 Å². The van der Waals surface area contributed by atoms with Crippen LogP contribution in [0.3, 0.4) is 0 Å². The van der Waals surface area contributed by atoms with Crippen LogP contribution in [-0.2, 0) is 14.8 Å². The van der Waals surface area contributed by atoms with Gasteiger partial charge in [-0.3, -0.25) is 9.10 Å². The molecule has 8 heteroatoms. The quantitative estimate of drug-likeness (QED) is 0.623. The van der Waals surface area contributed by atoms with Crippen molar-refractivity contribution in [2.24, 2.45) is 0 Å². The molecule has 0 saturated heterocycles. The standard InChI is InChI=1S/C20H24Cl2N2O3S/c1-15(16-7-4-3-5-8-16)14-23-20(25)9-6-12-24(28(2,26)27)19-13-17(21)10-11-18(19)22/h3-5,7-8,10-11,13,15H,6,9,12,14H2,1-2H3,(H,23,25)/t15-/m0/s1. The van der Waals surface area contributed by atoms with Crippen LogP contribution in [0.15, 0.2) is 48.5 Å². The number of hydrogen-bond donors (Lipinski definition) is 1. The smallest absolute Gasteiger partial charge is 0.232 e. The molecule has 5 nitrogen and oxygen atoms in total. The molecular formula is C20H24Cl2N2O3S. The van der Waals surface area contributed by atoms with Gasteiger partial charge in [-0.15, -0.1) is 0 Å². The van der Waals surface area contributed by atoms with Crippen LogP contribution in [0, 0.1) is 0 Å². The Kier molecular flexibility index (Phi) is 8.16. The minimum atomic E-state index is -3.56. The molecule has 2 rings (SSSR count). The molecule has 0 radical (unpaired) electrons. The molecule has 1 N–H and O–H groups in total. The number of benzene rings is 2. The van der Waals surface area contributed by atoms with Gasteiger partial charge in [-0.2, -0.15) is 0 Å². The number of hydrogen-bond acceptors (Lipinski definition) is 3. The summed E-state index contributed by atoms with van der Waals surface area (Å²) in [5.74, 6) is 0.0800. The molecular weight excluding hydrogens is 419 g/mol. The van der Waals surface area contributed by atoms with Crippen molar-refractivity contribution in [3.63, 3.8) is 0 Å². The molecule has 0 aliphatic heterocycles. The lowest BCUT2D eigenvalue weighted by Gasteiger charge is -2.23. The summed E-state index contributed by atoms with van der Waals surface area (Å²) in [5, 5.41) is 3.58. The van der Waals surface area contributed by atoms with Crippen molar-refractivity contribution in [3.05, 3.63) is 64.1 Å². The van der Waals surface area contributed by atoms with E-state index in [1.165, 1.54) is 10.4 Å².